The lowest BCUT2D eigenvalue weighted by molar-refractivity contribution is 0.624. The van der Waals surface area contributed by atoms with E-state index in [-0.39, 0.29) is 10.8 Å². The molecule has 0 saturated carbocycles. The molecule has 5 nitrogen and oxygen atoms in total. The van der Waals surface area contributed by atoms with Gasteiger partial charge in [0.25, 0.3) is 0 Å². The molecular formula is C9H9ClFN5. The summed E-state index contributed by atoms with van der Waals surface area (Å²) in [4.78, 5) is 3.82. The minimum absolute atomic E-state index is 0.130. The van der Waals surface area contributed by atoms with Crippen LogP contribution in [0.4, 0.5) is 16.0 Å². The van der Waals surface area contributed by atoms with E-state index in [4.69, 9.17) is 17.3 Å². The number of hydrogen-bond donors (Lipinski definition) is 3. The Morgan fingerprint density at radius 1 is 1.50 bits per heavy atom. The van der Waals surface area contributed by atoms with Crippen molar-refractivity contribution in [1.82, 2.24) is 15.2 Å². The lowest BCUT2D eigenvalue weighted by Crippen LogP contribution is -2.04. The molecule has 0 aliphatic rings. The minimum atomic E-state index is -0.505. The second kappa shape index (κ2) is 4.36. The zero-order valence-corrected chi connectivity index (χ0v) is 8.92. The Morgan fingerprint density at radius 2 is 2.31 bits per heavy atom. The van der Waals surface area contributed by atoms with Crippen molar-refractivity contribution in [3.63, 3.8) is 0 Å². The van der Waals surface area contributed by atoms with E-state index in [1.807, 2.05) is 0 Å². The molecule has 2 aromatic heterocycles. The van der Waals surface area contributed by atoms with E-state index in [1.54, 1.807) is 6.20 Å². The van der Waals surface area contributed by atoms with E-state index in [0.717, 1.165) is 5.56 Å². The van der Waals surface area contributed by atoms with E-state index in [2.05, 4.69) is 20.5 Å². The van der Waals surface area contributed by atoms with Gasteiger partial charge in [-0.3, -0.25) is 5.10 Å². The summed E-state index contributed by atoms with van der Waals surface area (Å²) in [6.45, 7) is 0.341. The number of H-pyrrole nitrogens is 1. The Morgan fingerprint density at radius 3 is 2.94 bits per heavy atom. The molecule has 16 heavy (non-hydrogen) atoms. The fourth-order valence-corrected chi connectivity index (χ4v) is 1.33. The van der Waals surface area contributed by atoms with Gasteiger partial charge in [0, 0.05) is 18.3 Å². The summed E-state index contributed by atoms with van der Waals surface area (Å²) in [6, 6.07) is 1.19. The maximum Gasteiger partial charge on any atom is 0.166 e. The molecule has 0 fully saturated rings. The smallest absolute Gasteiger partial charge is 0.166 e. The quantitative estimate of drug-likeness (QED) is 0.766. The first kappa shape index (κ1) is 10.7. The van der Waals surface area contributed by atoms with Crippen molar-refractivity contribution < 1.29 is 4.39 Å². The van der Waals surface area contributed by atoms with Gasteiger partial charge in [-0.05, 0) is 6.07 Å². The van der Waals surface area contributed by atoms with E-state index >= 15 is 0 Å². The normalized spacial score (nSPS) is 10.4. The zero-order valence-electron chi connectivity index (χ0n) is 8.17. The maximum absolute atomic E-state index is 13.3. The second-order valence-corrected chi connectivity index (χ2v) is 3.58. The van der Waals surface area contributed by atoms with E-state index in [1.165, 1.54) is 12.3 Å². The zero-order chi connectivity index (χ0) is 11.5. The number of nitrogens with two attached hydrogens (primary N) is 1. The van der Waals surface area contributed by atoms with Crippen LogP contribution in [0.2, 0.25) is 5.02 Å². The standard InChI is InChI=1S/C9H9ClFN5/c10-6-1-7(11)9(14-4-6)13-2-5-3-15-16-8(5)12/h1,3-4H,2H2,(H,13,14)(H3,12,15,16). The molecule has 84 valence electrons. The number of anilines is 2. The fraction of sp³-hybridized carbons (Fsp3) is 0.111. The second-order valence-electron chi connectivity index (χ2n) is 3.15. The number of rotatable bonds is 3. The number of nitrogen functional groups attached to an aromatic ring is 1. The van der Waals surface area contributed by atoms with Crippen molar-refractivity contribution in [3.8, 4) is 0 Å². The van der Waals surface area contributed by atoms with Crippen molar-refractivity contribution in [2.75, 3.05) is 11.1 Å². The molecule has 0 aromatic carbocycles. The van der Waals surface area contributed by atoms with Gasteiger partial charge in [-0.25, -0.2) is 9.37 Å². The molecule has 4 N–H and O–H groups in total. The van der Waals surface area contributed by atoms with Crippen molar-refractivity contribution in [3.05, 3.63) is 34.9 Å². The highest BCUT2D eigenvalue weighted by molar-refractivity contribution is 6.30. The average Bonchev–Trinajstić information content (AvgIpc) is 2.63. The molecule has 0 radical (unpaired) electrons. The van der Waals surface area contributed by atoms with Crippen LogP contribution in [0.3, 0.4) is 0 Å². The molecule has 2 heterocycles. The highest BCUT2D eigenvalue weighted by Gasteiger charge is 2.06. The van der Waals surface area contributed by atoms with Crippen LogP contribution >= 0.6 is 11.6 Å². The highest BCUT2D eigenvalue weighted by Crippen LogP contribution is 2.16. The number of halogens is 2. The predicted molar refractivity (Wildman–Crippen MR) is 59.5 cm³/mol. The van der Waals surface area contributed by atoms with Gasteiger partial charge in [-0.2, -0.15) is 5.10 Å². The van der Waals surface area contributed by atoms with Crippen molar-refractivity contribution in [2.24, 2.45) is 0 Å². The summed E-state index contributed by atoms with van der Waals surface area (Å²) >= 11 is 5.58. The maximum atomic E-state index is 13.3. The number of aromatic nitrogens is 3. The van der Waals surface area contributed by atoms with Gasteiger partial charge in [0.15, 0.2) is 11.6 Å². The summed E-state index contributed by atoms with van der Waals surface area (Å²) in [5.41, 5.74) is 6.32. The molecule has 0 bridgehead atoms. The van der Waals surface area contributed by atoms with Gasteiger partial charge >= 0.3 is 0 Å². The first-order chi connectivity index (χ1) is 7.66. The predicted octanol–water partition coefficient (Wildman–Crippen LogP) is 1.79. The van der Waals surface area contributed by atoms with Crippen LogP contribution in [0.5, 0.6) is 0 Å². The van der Waals surface area contributed by atoms with E-state index in [9.17, 15) is 4.39 Å². The van der Waals surface area contributed by atoms with Crippen LogP contribution in [0, 0.1) is 5.82 Å². The molecule has 2 aromatic rings. The third-order valence-corrected chi connectivity index (χ3v) is 2.21. The lowest BCUT2D eigenvalue weighted by Gasteiger charge is -2.05. The lowest BCUT2D eigenvalue weighted by atomic mass is 10.3. The number of nitrogens with zero attached hydrogens (tertiary/aromatic N) is 2. The number of pyridine rings is 1. The Kier molecular flexibility index (Phi) is 2.91. The third kappa shape index (κ3) is 2.22. The first-order valence-corrected chi connectivity index (χ1v) is 4.87. The minimum Gasteiger partial charge on any atom is -0.384 e. The molecular weight excluding hydrogens is 233 g/mol. The molecule has 0 aliphatic heterocycles. The molecule has 0 amide bonds. The summed E-state index contributed by atoms with van der Waals surface area (Å²) in [6.07, 6.45) is 2.93. The Hall–Kier alpha value is -1.82. The summed E-state index contributed by atoms with van der Waals surface area (Å²) < 4.78 is 13.3. The summed E-state index contributed by atoms with van der Waals surface area (Å²) in [7, 11) is 0. The van der Waals surface area contributed by atoms with E-state index < -0.39 is 5.82 Å². The molecule has 0 atom stereocenters. The van der Waals surface area contributed by atoms with Gasteiger partial charge < -0.3 is 11.1 Å². The largest absolute Gasteiger partial charge is 0.384 e. The van der Waals surface area contributed by atoms with Crippen molar-refractivity contribution >= 4 is 23.2 Å². The topological polar surface area (TPSA) is 79.6 Å². The van der Waals surface area contributed by atoms with Gasteiger partial charge in [0.2, 0.25) is 0 Å². The van der Waals surface area contributed by atoms with Crippen LogP contribution in [0.25, 0.3) is 0 Å². The number of hydrogen-bond acceptors (Lipinski definition) is 4. The fourth-order valence-electron chi connectivity index (χ4n) is 1.19. The Bertz CT molecular complexity index is 498. The van der Waals surface area contributed by atoms with Gasteiger partial charge in [-0.1, -0.05) is 11.6 Å². The van der Waals surface area contributed by atoms with Gasteiger partial charge in [0.05, 0.1) is 11.2 Å². The molecule has 7 heteroatoms. The average molecular weight is 242 g/mol. The van der Waals surface area contributed by atoms with Gasteiger partial charge in [-0.15, -0.1) is 0 Å². The van der Waals surface area contributed by atoms with Crippen LogP contribution in [-0.4, -0.2) is 15.2 Å². The van der Waals surface area contributed by atoms with Crippen molar-refractivity contribution in [2.45, 2.75) is 6.54 Å². The molecule has 2 rings (SSSR count). The van der Waals surface area contributed by atoms with Crippen molar-refractivity contribution in [1.29, 1.82) is 0 Å². The van der Waals surface area contributed by atoms with Gasteiger partial charge in [0.1, 0.15) is 5.82 Å². The Labute approximate surface area is 95.8 Å². The van der Waals surface area contributed by atoms with E-state index in [0.29, 0.717) is 12.4 Å². The number of nitrogens with one attached hydrogen (secondary N) is 2. The highest BCUT2D eigenvalue weighted by atomic mass is 35.5. The first-order valence-electron chi connectivity index (χ1n) is 4.49. The number of aromatic amines is 1. The molecule has 0 spiro atoms. The molecule has 0 saturated heterocycles. The Balaban J connectivity index is 2.08. The summed E-state index contributed by atoms with van der Waals surface area (Å²) in [5.74, 6) is 0.0708. The monoisotopic (exact) mass is 241 g/mol. The SMILES string of the molecule is Nc1[nH]ncc1CNc1ncc(Cl)cc1F. The summed E-state index contributed by atoms with van der Waals surface area (Å²) in [5, 5.41) is 9.38. The van der Waals surface area contributed by atoms with Crippen LogP contribution in [-0.2, 0) is 6.54 Å². The molecule has 0 unspecified atom stereocenters. The van der Waals surface area contributed by atoms with Crippen LogP contribution in [0.1, 0.15) is 5.56 Å². The van der Waals surface area contributed by atoms with Crippen LogP contribution in [0.15, 0.2) is 18.5 Å². The molecule has 0 aliphatic carbocycles. The van der Waals surface area contributed by atoms with Crippen LogP contribution < -0.4 is 11.1 Å². The third-order valence-electron chi connectivity index (χ3n) is 2.01.